The Hall–Kier alpha value is -2.55. The van der Waals surface area contributed by atoms with Gasteiger partial charge >= 0.3 is 0 Å². The molecule has 0 aliphatic rings. The summed E-state index contributed by atoms with van der Waals surface area (Å²) < 4.78 is 5.51. The second-order valence-electron chi connectivity index (χ2n) is 4.58. The van der Waals surface area contributed by atoms with Gasteiger partial charge < -0.3 is 9.72 Å². The summed E-state index contributed by atoms with van der Waals surface area (Å²) >= 11 is 0. The zero-order valence-corrected chi connectivity index (χ0v) is 10.5. The summed E-state index contributed by atoms with van der Waals surface area (Å²) in [6.45, 7) is 0. The number of methoxy groups -OCH3 is 1. The third-order valence-electron chi connectivity index (χ3n) is 3.55. The minimum Gasteiger partial charge on any atom is -0.496 e. The van der Waals surface area contributed by atoms with Crippen LogP contribution in [-0.4, -0.2) is 17.1 Å². The predicted molar refractivity (Wildman–Crippen MR) is 77.7 cm³/mol. The van der Waals surface area contributed by atoms with Gasteiger partial charge in [-0.1, -0.05) is 30.3 Å². The Bertz CT molecular complexity index is 908. The van der Waals surface area contributed by atoms with Crippen molar-refractivity contribution in [3.63, 3.8) is 0 Å². The third-order valence-corrected chi connectivity index (χ3v) is 3.55. The van der Waals surface area contributed by atoms with E-state index >= 15 is 0 Å². The second kappa shape index (κ2) is 3.72. The third kappa shape index (κ3) is 1.35. The van der Waals surface area contributed by atoms with Crippen LogP contribution in [0.25, 0.3) is 32.7 Å². The number of nitrogens with one attached hydrogen (secondary N) is 1. The first kappa shape index (κ1) is 10.4. The van der Waals surface area contributed by atoms with Crippen LogP contribution in [0.1, 0.15) is 0 Å². The molecule has 3 nitrogen and oxygen atoms in total. The van der Waals surface area contributed by atoms with E-state index in [0.29, 0.717) is 0 Å². The zero-order chi connectivity index (χ0) is 12.8. The second-order valence-corrected chi connectivity index (χ2v) is 4.58. The fourth-order valence-corrected chi connectivity index (χ4v) is 2.71. The Morgan fingerprint density at radius 1 is 1.00 bits per heavy atom. The maximum absolute atomic E-state index is 5.51. The Kier molecular flexibility index (Phi) is 2.03. The minimum absolute atomic E-state index is 0.884. The van der Waals surface area contributed by atoms with E-state index in [4.69, 9.17) is 4.74 Å². The van der Waals surface area contributed by atoms with Gasteiger partial charge in [0.25, 0.3) is 0 Å². The highest BCUT2D eigenvalue weighted by Gasteiger charge is 2.11. The minimum atomic E-state index is 0.884. The number of rotatable bonds is 1. The van der Waals surface area contributed by atoms with Crippen molar-refractivity contribution in [2.24, 2.45) is 0 Å². The van der Waals surface area contributed by atoms with Crippen molar-refractivity contribution < 1.29 is 4.74 Å². The van der Waals surface area contributed by atoms with E-state index < -0.39 is 0 Å². The summed E-state index contributed by atoms with van der Waals surface area (Å²) in [4.78, 5) is 7.87. The molecular weight excluding hydrogens is 236 g/mol. The lowest BCUT2D eigenvalue weighted by Crippen LogP contribution is -1.86. The number of aromatic amines is 1. The molecule has 92 valence electrons. The molecule has 0 saturated carbocycles. The molecule has 0 amide bonds. The Morgan fingerprint density at radius 3 is 2.79 bits per heavy atom. The largest absolute Gasteiger partial charge is 0.496 e. The number of para-hydroxylation sites is 1. The maximum Gasteiger partial charge on any atom is 0.139 e. The zero-order valence-electron chi connectivity index (χ0n) is 10.5. The lowest BCUT2D eigenvalue weighted by atomic mass is 10.1. The van der Waals surface area contributed by atoms with Gasteiger partial charge in [0.1, 0.15) is 11.4 Å². The molecule has 0 bridgehead atoms. The van der Waals surface area contributed by atoms with Crippen LogP contribution in [0.4, 0.5) is 0 Å². The lowest BCUT2D eigenvalue weighted by Gasteiger charge is -2.06. The average molecular weight is 248 g/mol. The number of H-pyrrole nitrogens is 1. The van der Waals surface area contributed by atoms with Gasteiger partial charge in [-0.3, -0.25) is 0 Å². The van der Waals surface area contributed by atoms with Crippen LogP contribution in [-0.2, 0) is 0 Å². The van der Waals surface area contributed by atoms with Crippen LogP contribution in [0.15, 0.2) is 48.7 Å². The van der Waals surface area contributed by atoms with E-state index in [2.05, 4.69) is 28.2 Å². The molecule has 0 unspecified atom stereocenters. The van der Waals surface area contributed by atoms with E-state index in [9.17, 15) is 0 Å². The van der Waals surface area contributed by atoms with Crippen molar-refractivity contribution in [2.45, 2.75) is 0 Å². The first-order valence-corrected chi connectivity index (χ1v) is 6.20. The monoisotopic (exact) mass is 248 g/mol. The molecule has 0 atom stereocenters. The molecular formula is C16H12N2O. The van der Waals surface area contributed by atoms with Crippen molar-refractivity contribution in [3.8, 4) is 5.75 Å². The van der Waals surface area contributed by atoms with Gasteiger partial charge in [0.2, 0.25) is 0 Å². The topological polar surface area (TPSA) is 37.9 Å². The van der Waals surface area contributed by atoms with Crippen LogP contribution in [0, 0.1) is 0 Å². The molecule has 4 rings (SSSR count). The Balaban J connectivity index is 2.35. The molecule has 0 fully saturated rings. The molecule has 0 spiro atoms. The predicted octanol–water partition coefficient (Wildman–Crippen LogP) is 3.88. The number of pyridine rings is 1. The van der Waals surface area contributed by atoms with Crippen LogP contribution < -0.4 is 4.74 Å². The Labute approximate surface area is 109 Å². The number of benzene rings is 2. The molecule has 4 aromatic rings. The molecule has 0 radical (unpaired) electrons. The molecule has 3 heteroatoms. The van der Waals surface area contributed by atoms with E-state index in [1.807, 2.05) is 30.5 Å². The van der Waals surface area contributed by atoms with Gasteiger partial charge in [-0.25, -0.2) is 4.98 Å². The summed E-state index contributed by atoms with van der Waals surface area (Å²) in [5.74, 6) is 0.884. The van der Waals surface area contributed by atoms with Gasteiger partial charge in [0.05, 0.1) is 7.11 Å². The quantitative estimate of drug-likeness (QED) is 0.555. The molecule has 2 aromatic carbocycles. The fraction of sp³-hybridized carbons (Fsp3) is 0.0625. The molecule has 0 aliphatic heterocycles. The average Bonchev–Trinajstić information content (AvgIpc) is 2.85. The highest BCUT2D eigenvalue weighted by molar-refractivity contribution is 6.20. The van der Waals surface area contributed by atoms with Crippen LogP contribution in [0.3, 0.4) is 0 Å². The number of aromatic nitrogens is 2. The van der Waals surface area contributed by atoms with Crippen LogP contribution in [0.2, 0.25) is 0 Å². The number of hydrogen-bond acceptors (Lipinski definition) is 2. The van der Waals surface area contributed by atoms with E-state index in [0.717, 1.165) is 33.1 Å². The van der Waals surface area contributed by atoms with Crippen molar-refractivity contribution in [2.75, 3.05) is 7.11 Å². The van der Waals surface area contributed by atoms with Gasteiger partial charge in [-0.15, -0.1) is 0 Å². The first-order chi connectivity index (χ1) is 9.38. The lowest BCUT2D eigenvalue weighted by molar-refractivity contribution is 0.420. The Morgan fingerprint density at radius 2 is 1.89 bits per heavy atom. The summed E-state index contributed by atoms with van der Waals surface area (Å²) in [6, 6.07) is 14.3. The highest BCUT2D eigenvalue weighted by atomic mass is 16.5. The van der Waals surface area contributed by atoms with E-state index in [1.165, 1.54) is 5.39 Å². The summed E-state index contributed by atoms with van der Waals surface area (Å²) in [5, 5.41) is 4.52. The summed E-state index contributed by atoms with van der Waals surface area (Å²) in [7, 11) is 1.70. The normalized spacial score (nSPS) is 11.4. The van der Waals surface area contributed by atoms with Gasteiger partial charge in [0, 0.05) is 33.3 Å². The van der Waals surface area contributed by atoms with E-state index in [1.54, 1.807) is 7.11 Å². The molecule has 19 heavy (non-hydrogen) atoms. The standard InChI is InChI=1S/C16H12N2O/c1-19-13-8-4-5-10-9-17-16-15(14(10)13)11-6-2-3-7-12(11)18-16/h2-9H,1H3,(H,17,18). The summed E-state index contributed by atoms with van der Waals surface area (Å²) in [5.41, 5.74) is 2.00. The van der Waals surface area contributed by atoms with Gasteiger partial charge in [-0.05, 0) is 12.1 Å². The van der Waals surface area contributed by atoms with Gasteiger partial charge in [-0.2, -0.15) is 0 Å². The van der Waals surface area contributed by atoms with Crippen molar-refractivity contribution in [1.82, 2.24) is 9.97 Å². The molecule has 0 aliphatic carbocycles. The van der Waals surface area contributed by atoms with Crippen LogP contribution >= 0.6 is 0 Å². The SMILES string of the molecule is COc1cccc2cnc3[nH]c4ccccc4c3c12. The van der Waals surface area contributed by atoms with Crippen molar-refractivity contribution >= 4 is 32.7 Å². The number of nitrogens with zero attached hydrogens (tertiary/aromatic N) is 1. The smallest absolute Gasteiger partial charge is 0.139 e. The fourth-order valence-electron chi connectivity index (χ4n) is 2.71. The van der Waals surface area contributed by atoms with Crippen LogP contribution in [0.5, 0.6) is 5.75 Å². The number of fused-ring (bicyclic) bond motifs is 5. The van der Waals surface area contributed by atoms with Crippen molar-refractivity contribution in [3.05, 3.63) is 48.7 Å². The van der Waals surface area contributed by atoms with E-state index in [-0.39, 0.29) is 0 Å². The number of hydrogen-bond donors (Lipinski definition) is 1. The maximum atomic E-state index is 5.51. The number of ether oxygens (including phenoxy) is 1. The molecule has 1 N–H and O–H groups in total. The van der Waals surface area contributed by atoms with Gasteiger partial charge in [0.15, 0.2) is 0 Å². The highest BCUT2D eigenvalue weighted by Crippen LogP contribution is 2.35. The summed E-state index contributed by atoms with van der Waals surface area (Å²) in [6.07, 6.45) is 1.88. The van der Waals surface area contributed by atoms with Crippen molar-refractivity contribution in [1.29, 1.82) is 0 Å². The first-order valence-electron chi connectivity index (χ1n) is 6.20. The molecule has 2 aromatic heterocycles. The molecule has 2 heterocycles. The molecule has 0 saturated heterocycles.